The Morgan fingerprint density at radius 2 is 1.93 bits per heavy atom. The fraction of sp³-hybridized carbons (Fsp3) is 0.636. The van der Waals surface area contributed by atoms with E-state index in [2.05, 4.69) is 6.92 Å². The number of aromatic carboxylic acids is 1. The molecule has 0 saturated carbocycles. The molecule has 0 spiro atoms. The summed E-state index contributed by atoms with van der Waals surface area (Å²) in [5, 5.41) is 19.1. The molecule has 1 aliphatic rings. The SMILES string of the molecule is CCCCCC[C@H](O)CC[C@H]1CCC(=O)N1CCc1ccc(C(=O)O)cc1. The first-order chi connectivity index (χ1) is 13.0. The van der Waals surface area contributed by atoms with E-state index in [-0.39, 0.29) is 23.6 Å². The molecule has 0 unspecified atom stereocenters. The summed E-state index contributed by atoms with van der Waals surface area (Å²) in [4.78, 5) is 25.1. The molecule has 2 N–H and O–H groups in total. The highest BCUT2D eigenvalue weighted by atomic mass is 16.4. The van der Waals surface area contributed by atoms with Crippen molar-refractivity contribution >= 4 is 11.9 Å². The normalized spacial score (nSPS) is 18.1. The highest BCUT2D eigenvalue weighted by Crippen LogP contribution is 2.24. The number of carbonyl (C=O) groups excluding carboxylic acids is 1. The summed E-state index contributed by atoms with van der Waals surface area (Å²) in [5.41, 5.74) is 1.32. The first-order valence-electron chi connectivity index (χ1n) is 10.3. The van der Waals surface area contributed by atoms with Crippen LogP contribution in [0.15, 0.2) is 24.3 Å². The molecular formula is C22H33NO4. The Balaban J connectivity index is 1.77. The molecule has 1 fully saturated rings. The number of amides is 1. The number of unbranched alkanes of at least 4 members (excludes halogenated alkanes) is 3. The number of likely N-dealkylation sites (tertiary alicyclic amines) is 1. The first kappa shape index (κ1) is 21.4. The monoisotopic (exact) mass is 375 g/mol. The number of aliphatic hydroxyl groups is 1. The van der Waals surface area contributed by atoms with Crippen LogP contribution in [0.5, 0.6) is 0 Å². The van der Waals surface area contributed by atoms with Gasteiger partial charge in [0.1, 0.15) is 0 Å². The molecule has 2 rings (SSSR count). The Bertz CT molecular complexity index is 599. The van der Waals surface area contributed by atoms with Crippen molar-refractivity contribution < 1.29 is 19.8 Å². The molecule has 0 radical (unpaired) electrons. The number of aliphatic hydroxyl groups excluding tert-OH is 1. The molecule has 1 aromatic rings. The van der Waals surface area contributed by atoms with Crippen LogP contribution in [-0.4, -0.2) is 45.7 Å². The number of hydrogen-bond acceptors (Lipinski definition) is 3. The topological polar surface area (TPSA) is 77.8 Å². The lowest BCUT2D eigenvalue weighted by Gasteiger charge is -2.26. The molecule has 0 bridgehead atoms. The number of carboxylic acid groups (broad SMARTS) is 1. The van der Waals surface area contributed by atoms with Gasteiger partial charge in [0, 0.05) is 19.0 Å². The number of hydrogen-bond donors (Lipinski definition) is 2. The lowest BCUT2D eigenvalue weighted by atomic mass is 10.0. The van der Waals surface area contributed by atoms with E-state index < -0.39 is 5.97 Å². The van der Waals surface area contributed by atoms with Crippen molar-refractivity contribution in [3.63, 3.8) is 0 Å². The maximum absolute atomic E-state index is 12.2. The second-order valence-corrected chi connectivity index (χ2v) is 7.61. The largest absolute Gasteiger partial charge is 0.478 e. The summed E-state index contributed by atoms with van der Waals surface area (Å²) in [6, 6.07) is 7.07. The third-order valence-electron chi connectivity index (χ3n) is 5.52. The van der Waals surface area contributed by atoms with Crippen LogP contribution in [0.3, 0.4) is 0 Å². The third-order valence-corrected chi connectivity index (χ3v) is 5.52. The number of rotatable bonds is 12. The maximum atomic E-state index is 12.2. The molecule has 0 aromatic heterocycles. The van der Waals surface area contributed by atoms with Crippen molar-refractivity contribution in [1.82, 2.24) is 4.90 Å². The lowest BCUT2D eigenvalue weighted by Crippen LogP contribution is -2.35. The average molecular weight is 376 g/mol. The predicted octanol–water partition coefficient (Wildman–Crippen LogP) is 4.03. The van der Waals surface area contributed by atoms with Gasteiger partial charge in [0.05, 0.1) is 11.7 Å². The van der Waals surface area contributed by atoms with E-state index >= 15 is 0 Å². The van der Waals surface area contributed by atoms with Crippen molar-refractivity contribution in [2.45, 2.75) is 83.3 Å². The molecular weight excluding hydrogens is 342 g/mol. The van der Waals surface area contributed by atoms with E-state index in [1.807, 2.05) is 17.0 Å². The third kappa shape index (κ3) is 6.98. The van der Waals surface area contributed by atoms with Gasteiger partial charge in [0.25, 0.3) is 0 Å². The van der Waals surface area contributed by atoms with E-state index in [0.717, 1.165) is 44.1 Å². The maximum Gasteiger partial charge on any atom is 0.335 e. The van der Waals surface area contributed by atoms with Crippen molar-refractivity contribution in [2.24, 2.45) is 0 Å². The van der Waals surface area contributed by atoms with Crippen molar-refractivity contribution in [2.75, 3.05) is 6.54 Å². The van der Waals surface area contributed by atoms with Crippen molar-refractivity contribution in [1.29, 1.82) is 0 Å². The summed E-state index contributed by atoms with van der Waals surface area (Å²) in [6.45, 7) is 2.84. The van der Waals surface area contributed by atoms with Gasteiger partial charge < -0.3 is 15.1 Å². The van der Waals surface area contributed by atoms with Gasteiger partial charge >= 0.3 is 5.97 Å². The van der Waals surface area contributed by atoms with Gasteiger partial charge in [-0.25, -0.2) is 4.79 Å². The van der Waals surface area contributed by atoms with E-state index in [0.29, 0.717) is 13.0 Å². The number of carbonyl (C=O) groups is 2. The molecule has 1 saturated heterocycles. The van der Waals surface area contributed by atoms with Crippen LogP contribution < -0.4 is 0 Å². The van der Waals surface area contributed by atoms with Crippen molar-refractivity contribution in [3.05, 3.63) is 35.4 Å². The molecule has 5 heteroatoms. The number of carboxylic acids is 1. The first-order valence-corrected chi connectivity index (χ1v) is 10.3. The molecule has 2 atom stereocenters. The van der Waals surface area contributed by atoms with Gasteiger partial charge in [0.2, 0.25) is 5.91 Å². The van der Waals surface area contributed by atoms with Gasteiger partial charge in [-0.3, -0.25) is 4.79 Å². The molecule has 0 aliphatic carbocycles. The minimum Gasteiger partial charge on any atom is -0.478 e. The summed E-state index contributed by atoms with van der Waals surface area (Å²) in [7, 11) is 0. The molecule has 27 heavy (non-hydrogen) atoms. The van der Waals surface area contributed by atoms with E-state index in [1.165, 1.54) is 19.3 Å². The number of nitrogens with zero attached hydrogens (tertiary/aromatic N) is 1. The minimum atomic E-state index is -0.926. The molecule has 150 valence electrons. The zero-order valence-electron chi connectivity index (χ0n) is 16.4. The summed E-state index contributed by atoms with van der Waals surface area (Å²) < 4.78 is 0. The summed E-state index contributed by atoms with van der Waals surface area (Å²) in [6.07, 6.45) is 9.10. The second kappa shape index (κ2) is 11.1. The van der Waals surface area contributed by atoms with Gasteiger partial charge in [-0.15, -0.1) is 0 Å². The van der Waals surface area contributed by atoms with Crippen LogP contribution in [0.4, 0.5) is 0 Å². The van der Waals surface area contributed by atoms with Crippen LogP contribution in [0, 0.1) is 0 Å². The zero-order valence-corrected chi connectivity index (χ0v) is 16.4. The summed E-state index contributed by atoms with van der Waals surface area (Å²) >= 11 is 0. The molecule has 5 nitrogen and oxygen atoms in total. The highest BCUT2D eigenvalue weighted by molar-refractivity contribution is 5.87. The zero-order chi connectivity index (χ0) is 19.6. The quantitative estimate of drug-likeness (QED) is 0.541. The Morgan fingerprint density at radius 1 is 1.19 bits per heavy atom. The Labute approximate surface area is 162 Å². The van der Waals surface area contributed by atoms with Gasteiger partial charge in [0.15, 0.2) is 0 Å². The van der Waals surface area contributed by atoms with Crippen LogP contribution in [0.2, 0.25) is 0 Å². The van der Waals surface area contributed by atoms with Crippen LogP contribution in [-0.2, 0) is 11.2 Å². The smallest absolute Gasteiger partial charge is 0.335 e. The Kier molecular flexibility index (Phi) is 8.79. The van der Waals surface area contributed by atoms with E-state index in [4.69, 9.17) is 5.11 Å². The standard InChI is InChI=1S/C22H33NO4/c1-2-3-4-5-6-20(24)13-11-19-12-14-21(25)23(19)16-15-17-7-9-18(10-8-17)22(26)27/h7-10,19-20,24H,2-6,11-16H2,1H3,(H,26,27)/t19-,20-/m0/s1. The molecule has 1 heterocycles. The van der Waals surface area contributed by atoms with Gasteiger partial charge in [-0.05, 0) is 49.8 Å². The molecule has 1 amide bonds. The molecule has 1 aromatic carbocycles. The van der Waals surface area contributed by atoms with Gasteiger partial charge in [-0.1, -0.05) is 44.7 Å². The second-order valence-electron chi connectivity index (χ2n) is 7.61. The predicted molar refractivity (Wildman–Crippen MR) is 106 cm³/mol. The average Bonchev–Trinajstić information content (AvgIpc) is 3.02. The highest BCUT2D eigenvalue weighted by Gasteiger charge is 2.30. The number of benzene rings is 1. The Morgan fingerprint density at radius 3 is 2.59 bits per heavy atom. The Hall–Kier alpha value is -1.88. The van der Waals surface area contributed by atoms with E-state index in [1.54, 1.807) is 12.1 Å². The van der Waals surface area contributed by atoms with E-state index in [9.17, 15) is 14.7 Å². The fourth-order valence-electron chi connectivity index (χ4n) is 3.80. The van der Waals surface area contributed by atoms with Crippen LogP contribution in [0.25, 0.3) is 0 Å². The summed E-state index contributed by atoms with van der Waals surface area (Å²) in [5.74, 6) is -0.732. The van der Waals surface area contributed by atoms with Crippen LogP contribution in [0.1, 0.15) is 80.6 Å². The lowest BCUT2D eigenvalue weighted by molar-refractivity contribution is -0.129. The fourth-order valence-corrected chi connectivity index (χ4v) is 3.80. The van der Waals surface area contributed by atoms with Gasteiger partial charge in [-0.2, -0.15) is 0 Å². The minimum absolute atomic E-state index is 0.194. The van der Waals surface area contributed by atoms with Crippen molar-refractivity contribution in [3.8, 4) is 0 Å². The van der Waals surface area contributed by atoms with Crippen LogP contribution >= 0.6 is 0 Å². The molecule has 1 aliphatic heterocycles.